The van der Waals surface area contributed by atoms with Crippen LogP contribution in [0.4, 0.5) is 5.69 Å². The number of nitrogens with two attached hydrogens (primary N) is 2. The maximum absolute atomic E-state index is 12.9. The van der Waals surface area contributed by atoms with Crippen LogP contribution in [0, 0.1) is 11.8 Å². The monoisotopic (exact) mass is 417 g/mol. The third-order valence-corrected chi connectivity index (χ3v) is 6.29. The first-order valence-electron chi connectivity index (χ1n) is 11.2. The maximum Gasteiger partial charge on any atom is 0.172 e. The summed E-state index contributed by atoms with van der Waals surface area (Å²) in [5.74, 6) is 0.990. The van der Waals surface area contributed by atoms with Gasteiger partial charge in [-0.15, -0.1) is 0 Å². The van der Waals surface area contributed by atoms with Gasteiger partial charge in [0.1, 0.15) is 17.7 Å². The molecule has 162 valence electrons. The molecule has 2 aliphatic carbocycles. The smallest absolute Gasteiger partial charge is 0.172 e. The predicted octanol–water partition coefficient (Wildman–Crippen LogP) is 4.15. The fraction of sp³-hybridized carbons (Fsp3) is 0.360. The minimum Gasteiger partial charge on any atom is -0.398 e. The number of nitrogens with one attached hydrogen (secondary N) is 1. The Labute approximate surface area is 184 Å². The number of nitrogen functional groups attached to an aromatic ring is 1. The number of rotatable bonds is 4. The maximum atomic E-state index is 12.9. The largest absolute Gasteiger partial charge is 0.398 e. The summed E-state index contributed by atoms with van der Waals surface area (Å²) in [4.78, 5) is 19.4. The molecule has 0 saturated heterocycles. The molecular formula is C25H31N5O. The number of carbonyl (C=O) groups is 1. The highest BCUT2D eigenvalue weighted by atomic mass is 16.1. The third-order valence-electron chi connectivity index (χ3n) is 6.29. The van der Waals surface area contributed by atoms with Crippen LogP contribution in [0.1, 0.15) is 55.5 Å². The van der Waals surface area contributed by atoms with Gasteiger partial charge in [-0.25, -0.2) is 4.99 Å². The topological polar surface area (TPSA) is 96.7 Å². The van der Waals surface area contributed by atoms with Crippen molar-refractivity contribution in [1.82, 2.24) is 10.2 Å². The third kappa shape index (κ3) is 3.78. The summed E-state index contributed by atoms with van der Waals surface area (Å²) in [5, 5.41) is 3.65. The number of ketones is 1. The molecule has 1 fully saturated rings. The van der Waals surface area contributed by atoms with Crippen LogP contribution in [-0.4, -0.2) is 22.7 Å². The summed E-state index contributed by atoms with van der Waals surface area (Å²) in [6.45, 7) is 4.00. The summed E-state index contributed by atoms with van der Waals surface area (Å²) in [6.07, 6.45) is 16.1. The van der Waals surface area contributed by atoms with Crippen LogP contribution in [0.3, 0.4) is 0 Å². The van der Waals surface area contributed by atoms with E-state index in [4.69, 9.17) is 11.5 Å². The quantitative estimate of drug-likeness (QED) is 0.505. The average molecular weight is 418 g/mol. The second-order valence-electron chi connectivity index (χ2n) is 8.05. The summed E-state index contributed by atoms with van der Waals surface area (Å²) in [5.41, 5.74) is 16.4. The number of benzene rings is 1. The first kappa shape index (κ1) is 21.0. The van der Waals surface area contributed by atoms with Gasteiger partial charge in [-0.1, -0.05) is 50.6 Å². The molecule has 1 saturated carbocycles. The molecule has 0 aromatic heterocycles. The van der Waals surface area contributed by atoms with E-state index in [1.165, 1.54) is 19.3 Å². The summed E-state index contributed by atoms with van der Waals surface area (Å²) >= 11 is 0. The van der Waals surface area contributed by atoms with Gasteiger partial charge in [-0.2, -0.15) is 0 Å². The first-order valence-corrected chi connectivity index (χ1v) is 11.2. The second-order valence-corrected chi connectivity index (χ2v) is 8.05. The molecule has 1 aromatic carbocycles. The molecule has 2 unspecified atom stereocenters. The lowest BCUT2D eigenvalue weighted by Gasteiger charge is -2.37. The highest BCUT2D eigenvalue weighted by Gasteiger charge is 2.40. The molecule has 5 N–H and O–H groups in total. The lowest BCUT2D eigenvalue weighted by Crippen LogP contribution is -2.45. The molecule has 0 bridgehead atoms. The predicted molar refractivity (Wildman–Crippen MR) is 127 cm³/mol. The zero-order chi connectivity index (χ0) is 22.0. The number of hydrogen-bond donors (Lipinski definition) is 3. The van der Waals surface area contributed by atoms with E-state index in [9.17, 15) is 4.79 Å². The van der Waals surface area contributed by atoms with Gasteiger partial charge in [-0.05, 0) is 37.3 Å². The van der Waals surface area contributed by atoms with Crippen LogP contribution in [-0.2, 0) is 0 Å². The van der Waals surface area contributed by atoms with Crippen molar-refractivity contribution in [2.45, 2.75) is 45.7 Å². The average Bonchev–Trinajstić information content (AvgIpc) is 3.14. The fourth-order valence-electron chi connectivity index (χ4n) is 4.47. The van der Waals surface area contributed by atoms with Crippen molar-refractivity contribution < 1.29 is 4.79 Å². The molecule has 6 nitrogen and oxygen atoms in total. The molecule has 1 aromatic rings. The van der Waals surface area contributed by atoms with Crippen LogP contribution in [0.2, 0.25) is 0 Å². The van der Waals surface area contributed by atoms with E-state index in [2.05, 4.69) is 15.2 Å². The number of nitrogens with zero attached hydrogens (tertiary/aromatic N) is 2. The fourth-order valence-corrected chi connectivity index (χ4v) is 4.47. The number of Topliss-reactive ketones (excluding diaryl/α,β-unsaturated/α-hetero) is 1. The van der Waals surface area contributed by atoms with Crippen LogP contribution in [0.5, 0.6) is 0 Å². The minimum atomic E-state index is -0.149. The molecule has 5 rings (SSSR count). The van der Waals surface area contributed by atoms with Crippen LogP contribution in [0.15, 0.2) is 65.6 Å². The van der Waals surface area contributed by atoms with Gasteiger partial charge >= 0.3 is 0 Å². The Morgan fingerprint density at radius 3 is 2.65 bits per heavy atom. The van der Waals surface area contributed by atoms with Crippen LogP contribution >= 0.6 is 0 Å². The van der Waals surface area contributed by atoms with E-state index in [0.717, 1.165) is 17.0 Å². The van der Waals surface area contributed by atoms with E-state index in [1.54, 1.807) is 6.20 Å². The van der Waals surface area contributed by atoms with Crippen molar-refractivity contribution in [1.29, 1.82) is 0 Å². The Morgan fingerprint density at radius 2 is 2.00 bits per heavy atom. The number of aliphatic imine (C=N–C) groups is 1. The van der Waals surface area contributed by atoms with Crippen molar-refractivity contribution >= 4 is 23.0 Å². The number of carbonyl (C=O) groups excluding carboxylic acids is 1. The summed E-state index contributed by atoms with van der Waals surface area (Å²) in [6, 6.07) is 5.66. The molecule has 6 heteroatoms. The van der Waals surface area contributed by atoms with Gasteiger partial charge in [0, 0.05) is 35.1 Å². The molecule has 31 heavy (non-hydrogen) atoms. The van der Waals surface area contributed by atoms with Crippen molar-refractivity contribution in [3.63, 3.8) is 0 Å². The molecule has 4 aliphatic rings. The van der Waals surface area contributed by atoms with Gasteiger partial charge in [0.2, 0.25) is 0 Å². The highest BCUT2D eigenvalue weighted by Crippen LogP contribution is 2.40. The number of anilines is 1. The lowest BCUT2D eigenvalue weighted by molar-refractivity contribution is 0.0946. The van der Waals surface area contributed by atoms with E-state index in [0.29, 0.717) is 29.4 Å². The van der Waals surface area contributed by atoms with Crippen molar-refractivity contribution in [3.05, 3.63) is 71.7 Å². The normalized spacial score (nSPS) is 24.1. The van der Waals surface area contributed by atoms with Gasteiger partial charge in [0.05, 0.1) is 5.70 Å². The molecule has 2 atom stereocenters. The molecule has 0 amide bonds. The van der Waals surface area contributed by atoms with Gasteiger partial charge < -0.3 is 21.7 Å². The zero-order valence-electron chi connectivity index (χ0n) is 18.2. The van der Waals surface area contributed by atoms with E-state index < -0.39 is 0 Å². The Hall–Kier alpha value is -3.28. The van der Waals surface area contributed by atoms with Crippen molar-refractivity contribution in [3.8, 4) is 0 Å². The van der Waals surface area contributed by atoms with Crippen LogP contribution in [0.25, 0.3) is 5.70 Å². The van der Waals surface area contributed by atoms with Gasteiger partial charge in [0.25, 0.3) is 0 Å². The number of amidine groups is 1. The Balaban J connectivity index is 0.00000112. The number of hydrogen-bond acceptors (Lipinski definition) is 6. The highest BCUT2D eigenvalue weighted by molar-refractivity contribution is 6.06. The lowest BCUT2D eigenvalue weighted by atomic mass is 9.82. The Bertz CT molecular complexity index is 1010. The summed E-state index contributed by atoms with van der Waals surface area (Å²) < 4.78 is 0. The minimum absolute atomic E-state index is 0.0577. The Morgan fingerprint density at radius 1 is 1.19 bits per heavy atom. The molecule has 2 heterocycles. The zero-order valence-corrected chi connectivity index (χ0v) is 18.2. The molecular weight excluding hydrogens is 386 g/mol. The Kier molecular flexibility index (Phi) is 5.98. The van der Waals surface area contributed by atoms with Crippen LogP contribution < -0.4 is 16.8 Å². The molecule has 2 aliphatic heterocycles. The molecule has 0 radical (unpaired) electrons. The number of allylic oxidation sites excluding steroid dienone is 4. The van der Waals surface area contributed by atoms with Crippen molar-refractivity contribution in [2.24, 2.45) is 22.6 Å². The van der Waals surface area contributed by atoms with E-state index in [-0.39, 0.29) is 17.9 Å². The van der Waals surface area contributed by atoms with E-state index in [1.807, 2.05) is 62.6 Å². The SMILES string of the molecule is CC.NC1=NC=CN2C1=C(c1ccc(C(=O)C3C=CC=CC3)c(N)c1)NC2C1CCC1. The molecule has 0 spiro atoms. The van der Waals surface area contributed by atoms with E-state index >= 15 is 0 Å². The number of fused-ring (bicyclic) bond motifs is 1. The first-order chi connectivity index (χ1) is 15.1. The van der Waals surface area contributed by atoms with Gasteiger partial charge in [-0.3, -0.25) is 4.79 Å². The second kappa shape index (κ2) is 8.84. The van der Waals surface area contributed by atoms with Crippen molar-refractivity contribution in [2.75, 3.05) is 5.73 Å². The standard InChI is InChI=1S/C23H25N5O.C2H6/c24-18-13-16(9-10-17(18)21(29)14-5-2-1-3-6-14)19-20-22(25)26-11-12-28(20)23(27-19)15-7-4-8-15;1-2/h1-3,5,9-15,23,27H,4,6-8,24H2,(H2,25,26);1-2H3. The summed E-state index contributed by atoms with van der Waals surface area (Å²) in [7, 11) is 0. The van der Waals surface area contributed by atoms with Gasteiger partial charge in [0.15, 0.2) is 5.78 Å².